The SMILES string of the molecule is CC(N)(Cc1ccc(O)c(O)c1)C(=O)O.COc1ccc2c(c1)OC1(O)COc3cc(OC)c(OC)cc3C1=C2. The van der Waals surface area contributed by atoms with E-state index >= 15 is 0 Å². The van der Waals surface area contributed by atoms with E-state index in [1.165, 1.54) is 25.1 Å². The molecule has 2 aliphatic rings. The number of phenols is 2. The Kier molecular flexibility index (Phi) is 7.72. The number of benzene rings is 3. The van der Waals surface area contributed by atoms with Crippen molar-refractivity contribution in [3.63, 3.8) is 0 Å². The smallest absolute Gasteiger partial charge is 0.323 e. The average Bonchev–Trinajstić information content (AvgIpc) is 2.92. The molecule has 0 aliphatic carbocycles. The number of fused-ring (bicyclic) bond motifs is 4. The molecule has 0 aromatic heterocycles. The van der Waals surface area contributed by atoms with Gasteiger partial charge in [0, 0.05) is 35.3 Å². The lowest BCUT2D eigenvalue weighted by atomic mass is 9.90. The molecule has 212 valence electrons. The number of carboxylic acid groups (broad SMARTS) is 1. The number of phenolic OH excluding ortho intramolecular Hbond substituents is 2. The molecule has 0 saturated carbocycles. The zero-order valence-electron chi connectivity index (χ0n) is 22.4. The molecule has 2 unspecified atom stereocenters. The fourth-order valence-electron chi connectivity index (χ4n) is 4.29. The van der Waals surface area contributed by atoms with Crippen molar-refractivity contribution in [2.24, 2.45) is 5.73 Å². The molecule has 0 bridgehead atoms. The minimum Gasteiger partial charge on any atom is -0.504 e. The molecule has 40 heavy (non-hydrogen) atoms. The Hall–Kier alpha value is -4.61. The highest BCUT2D eigenvalue weighted by molar-refractivity contribution is 5.92. The van der Waals surface area contributed by atoms with Crippen molar-refractivity contribution >= 4 is 17.6 Å². The summed E-state index contributed by atoms with van der Waals surface area (Å²) in [6.45, 7) is 1.36. The van der Waals surface area contributed by atoms with Crippen molar-refractivity contribution in [2.45, 2.75) is 24.7 Å². The van der Waals surface area contributed by atoms with Gasteiger partial charge in [-0.3, -0.25) is 4.79 Å². The predicted molar refractivity (Wildman–Crippen MR) is 145 cm³/mol. The van der Waals surface area contributed by atoms with Crippen LogP contribution in [0.3, 0.4) is 0 Å². The van der Waals surface area contributed by atoms with Gasteiger partial charge in [-0.1, -0.05) is 6.07 Å². The largest absolute Gasteiger partial charge is 0.504 e. The average molecular weight is 554 g/mol. The first kappa shape index (κ1) is 28.4. The second kappa shape index (κ2) is 10.9. The molecular weight excluding hydrogens is 522 g/mol. The van der Waals surface area contributed by atoms with Crippen molar-refractivity contribution in [1.29, 1.82) is 0 Å². The summed E-state index contributed by atoms with van der Waals surface area (Å²) in [6.07, 6.45) is 1.97. The van der Waals surface area contributed by atoms with E-state index in [0.29, 0.717) is 45.4 Å². The number of nitrogens with two attached hydrogens (primary N) is 1. The van der Waals surface area contributed by atoms with Gasteiger partial charge in [-0.15, -0.1) is 0 Å². The Morgan fingerprint density at radius 2 is 1.68 bits per heavy atom. The van der Waals surface area contributed by atoms with Gasteiger partial charge in [0.25, 0.3) is 5.79 Å². The van der Waals surface area contributed by atoms with Crippen LogP contribution in [0, 0.1) is 0 Å². The molecule has 0 spiro atoms. The monoisotopic (exact) mass is 553 g/mol. The Morgan fingerprint density at radius 3 is 2.30 bits per heavy atom. The van der Waals surface area contributed by atoms with E-state index in [1.54, 1.807) is 39.5 Å². The second-order valence-electron chi connectivity index (χ2n) is 9.56. The van der Waals surface area contributed by atoms with Gasteiger partial charge in [-0.05, 0) is 48.9 Å². The minimum absolute atomic E-state index is 0.0298. The first-order chi connectivity index (χ1) is 18.9. The number of aliphatic hydroxyl groups is 1. The Bertz CT molecular complexity index is 1470. The third-order valence-electron chi connectivity index (χ3n) is 6.52. The second-order valence-corrected chi connectivity index (χ2v) is 9.56. The lowest BCUT2D eigenvalue weighted by molar-refractivity contribution is -0.142. The van der Waals surface area contributed by atoms with E-state index < -0.39 is 17.3 Å². The first-order valence-electron chi connectivity index (χ1n) is 12.1. The zero-order chi connectivity index (χ0) is 29.2. The molecule has 3 aromatic carbocycles. The van der Waals surface area contributed by atoms with Gasteiger partial charge in [-0.2, -0.15) is 0 Å². The van der Waals surface area contributed by atoms with E-state index in [1.807, 2.05) is 18.2 Å². The normalized spacial score (nSPS) is 18.0. The van der Waals surface area contributed by atoms with Gasteiger partial charge in [0.05, 0.1) is 21.3 Å². The number of ether oxygens (including phenoxy) is 5. The summed E-state index contributed by atoms with van der Waals surface area (Å²) in [6, 6.07) is 13.1. The Morgan fingerprint density at radius 1 is 0.975 bits per heavy atom. The summed E-state index contributed by atoms with van der Waals surface area (Å²) >= 11 is 0. The summed E-state index contributed by atoms with van der Waals surface area (Å²) in [5, 5.41) is 38.1. The summed E-state index contributed by atoms with van der Waals surface area (Å²) in [7, 11) is 4.71. The number of aliphatic carboxylic acids is 1. The maximum absolute atomic E-state index is 11.0. The predicted octanol–water partition coefficient (Wildman–Crippen LogP) is 3.17. The molecule has 11 heteroatoms. The minimum atomic E-state index is -1.58. The van der Waals surface area contributed by atoms with Crippen LogP contribution < -0.4 is 29.4 Å². The Labute approximate surface area is 230 Å². The van der Waals surface area contributed by atoms with Crippen LogP contribution in [-0.4, -0.2) is 65.7 Å². The molecule has 11 nitrogen and oxygen atoms in total. The van der Waals surface area contributed by atoms with Gasteiger partial charge in [0.1, 0.15) is 22.8 Å². The molecule has 0 saturated heterocycles. The molecule has 2 atom stereocenters. The number of rotatable bonds is 6. The van der Waals surface area contributed by atoms with E-state index in [9.17, 15) is 15.0 Å². The van der Waals surface area contributed by atoms with Crippen LogP contribution in [0.5, 0.6) is 40.2 Å². The van der Waals surface area contributed by atoms with Crippen LogP contribution in [0.1, 0.15) is 23.6 Å². The third kappa shape index (κ3) is 5.56. The van der Waals surface area contributed by atoms with E-state index in [0.717, 1.165) is 5.56 Å². The summed E-state index contributed by atoms with van der Waals surface area (Å²) in [5.41, 5.74) is 6.87. The number of hydrogen-bond donors (Lipinski definition) is 5. The van der Waals surface area contributed by atoms with Crippen molar-refractivity contribution in [3.05, 3.63) is 65.2 Å². The van der Waals surface area contributed by atoms with E-state index in [-0.39, 0.29) is 24.5 Å². The molecule has 0 radical (unpaired) electrons. The van der Waals surface area contributed by atoms with Crippen molar-refractivity contribution in [3.8, 4) is 40.2 Å². The lowest BCUT2D eigenvalue weighted by Gasteiger charge is -2.39. The van der Waals surface area contributed by atoms with Crippen LogP contribution in [0.2, 0.25) is 0 Å². The fraction of sp³-hybridized carbons (Fsp3) is 0.276. The van der Waals surface area contributed by atoms with Crippen molar-refractivity contribution in [2.75, 3.05) is 27.9 Å². The summed E-state index contributed by atoms with van der Waals surface area (Å²) in [5.74, 6) is -0.303. The van der Waals surface area contributed by atoms with E-state index in [2.05, 4.69) is 0 Å². The molecule has 0 amide bonds. The van der Waals surface area contributed by atoms with Crippen LogP contribution in [0.15, 0.2) is 48.5 Å². The maximum atomic E-state index is 11.0. The van der Waals surface area contributed by atoms with Gasteiger partial charge >= 0.3 is 5.97 Å². The molecular formula is C29H31NO10. The molecule has 6 N–H and O–H groups in total. The van der Waals surface area contributed by atoms with E-state index in [4.69, 9.17) is 39.6 Å². The van der Waals surface area contributed by atoms with Gasteiger partial charge in [0.2, 0.25) is 0 Å². The standard InChI is InChI=1S/C19H18O6.C10H13NO4/c1-21-12-5-4-11-6-14-13-8-17(22-2)18(23-3)9-16(13)24-10-19(14,20)25-15(11)7-12;1-10(11,9(14)15)5-6-2-3-7(12)8(13)4-6/h4-9,20H,10H2,1-3H3;2-4,12-13H,5,11H2,1H3,(H,14,15). The van der Waals surface area contributed by atoms with Gasteiger partial charge in [-0.25, -0.2) is 0 Å². The number of aromatic hydroxyl groups is 2. The topological polar surface area (TPSA) is 170 Å². The Balaban J connectivity index is 0.000000212. The lowest BCUT2D eigenvalue weighted by Crippen LogP contribution is -2.47. The van der Waals surface area contributed by atoms with Crippen LogP contribution in [0.4, 0.5) is 0 Å². The highest BCUT2D eigenvalue weighted by atomic mass is 16.7. The quantitative estimate of drug-likeness (QED) is 0.284. The number of methoxy groups -OCH3 is 3. The van der Waals surface area contributed by atoms with Crippen LogP contribution >= 0.6 is 0 Å². The van der Waals surface area contributed by atoms with Crippen LogP contribution in [0.25, 0.3) is 11.6 Å². The maximum Gasteiger partial charge on any atom is 0.323 e. The molecule has 0 fully saturated rings. The molecule has 2 aliphatic heterocycles. The molecule has 3 aromatic rings. The van der Waals surface area contributed by atoms with Gasteiger partial charge < -0.3 is 49.8 Å². The van der Waals surface area contributed by atoms with Crippen molar-refractivity contribution in [1.82, 2.24) is 0 Å². The van der Waals surface area contributed by atoms with Crippen LogP contribution in [-0.2, 0) is 11.2 Å². The fourth-order valence-corrected chi connectivity index (χ4v) is 4.29. The summed E-state index contributed by atoms with van der Waals surface area (Å²) in [4.78, 5) is 10.7. The van der Waals surface area contributed by atoms with Gasteiger partial charge in [0.15, 0.2) is 29.6 Å². The third-order valence-corrected chi connectivity index (χ3v) is 6.52. The number of carboxylic acids is 1. The molecule has 5 rings (SSSR count). The zero-order valence-corrected chi connectivity index (χ0v) is 22.4. The molecule has 2 heterocycles. The summed E-state index contributed by atoms with van der Waals surface area (Å²) < 4.78 is 27.5. The first-order valence-corrected chi connectivity index (χ1v) is 12.1. The number of hydrogen-bond acceptors (Lipinski definition) is 10. The highest BCUT2D eigenvalue weighted by Gasteiger charge is 2.44. The number of carbonyl (C=O) groups is 1. The highest BCUT2D eigenvalue weighted by Crippen LogP contribution is 2.49. The van der Waals surface area contributed by atoms with Crippen molar-refractivity contribution < 1.29 is 48.9 Å².